The Morgan fingerprint density at radius 3 is 2.71 bits per heavy atom. The van der Waals surface area contributed by atoms with E-state index in [9.17, 15) is 8.42 Å². The number of piperidine rings is 1. The van der Waals surface area contributed by atoms with E-state index < -0.39 is 10.0 Å². The third-order valence-electron chi connectivity index (χ3n) is 3.57. The fourth-order valence-electron chi connectivity index (χ4n) is 2.57. The van der Waals surface area contributed by atoms with Crippen LogP contribution in [0, 0.1) is 5.92 Å². The summed E-state index contributed by atoms with van der Waals surface area (Å²) in [4.78, 5) is 0. The van der Waals surface area contributed by atoms with Crippen molar-refractivity contribution in [3.8, 4) is 0 Å². The minimum absolute atomic E-state index is 0.167. The second-order valence-electron chi connectivity index (χ2n) is 5.01. The lowest BCUT2D eigenvalue weighted by Crippen LogP contribution is -2.47. The van der Waals surface area contributed by atoms with Gasteiger partial charge in [-0.2, -0.15) is 16.1 Å². The molecule has 0 bridgehead atoms. The molecule has 0 spiro atoms. The highest BCUT2D eigenvalue weighted by Gasteiger charge is 2.32. The second kappa shape index (κ2) is 5.91. The lowest BCUT2D eigenvalue weighted by atomic mass is 10.0. The van der Waals surface area contributed by atoms with E-state index in [1.807, 2.05) is 18.7 Å². The van der Waals surface area contributed by atoms with Crippen molar-refractivity contribution in [3.05, 3.63) is 0 Å². The maximum atomic E-state index is 12.4. The zero-order valence-corrected chi connectivity index (χ0v) is 12.0. The molecule has 2 aliphatic rings. The van der Waals surface area contributed by atoms with Crippen molar-refractivity contribution in [1.29, 1.82) is 0 Å². The standard InChI is InChI=1S/C11H22N2O2S2/c1-10-8-16-7-6-13(10)17(14,15)9-11-2-4-12-5-3-11/h10-12H,2-9H2,1H3. The topological polar surface area (TPSA) is 49.4 Å². The molecule has 0 aromatic rings. The largest absolute Gasteiger partial charge is 0.317 e. The molecule has 0 aliphatic carbocycles. The van der Waals surface area contributed by atoms with Gasteiger partial charge in [-0.1, -0.05) is 0 Å². The smallest absolute Gasteiger partial charge is 0.214 e. The van der Waals surface area contributed by atoms with Gasteiger partial charge in [0.15, 0.2) is 0 Å². The molecule has 0 radical (unpaired) electrons. The molecule has 17 heavy (non-hydrogen) atoms. The van der Waals surface area contributed by atoms with Crippen molar-refractivity contribution in [2.24, 2.45) is 5.92 Å². The quantitative estimate of drug-likeness (QED) is 0.828. The molecule has 6 heteroatoms. The summed E-state index contributed by atoms with van der Waals surface area (Å²) >= 11 is 1.85. The number of hydrogen-bond acceptors (Lipinski definition) is 4. The van der Waals surface area contributed by atoms with Crippen molar-refractivity contribution in [1.82, 2.24) is 9.62 Å². The molecule has 2 aliphatic heterocycles. The van der Waals surface area contributed by atoms with E-state index >= 15 is 0 Å². The Labute approximate surface area is 109 Å². The Morgan fingerprint density at radius 1 is 1.35 bits per heavy atom. The van der Waals surface area contributed by atoms with Crippen molar-refractivity contribution in [3.63, 3.8) is 0 Å². The average molecular weight is 278 g/mol. The number of rotatable bonds is 3. The van der Waals surface area contributed by atoms with E-state index in [2.05, 4.69) is 5.32 Å². The lowest BCUT2D eigenvalue weighted by molar-refractivity contribution is 0.350. The second-order valence-corrected chi connectivity index (χ2v) is 8.12. The summed E-state index contributed by atoms with van der Waals surface area (Å²) in [7, 11) is -3.04. The third kappa shape index (κ3) is 3.59. The summed E-state index contributed by atoms with van der Waals surface area (Å²) in [5.74, 6) is 2.58. The van der Waals surface area contributed by atoms with Gasteiger partial charge in [-0.05, 0) is 38.8 Å². The normalized spacial score (nSPS) is 29.4. The fraction of sp³-hybridized carbons (Fsp3) is 1.00. The summed E-state index contributed by atoms with van der Waals surface area (Å²) in [5.41, 5.74) is 0. The van der Waals surface area contributed by atoms with Gasteiger partial charge in [0, 0.05) is 24.1 Å². The Balaban J connectivity index is 1.96. The van der Waals surface area contributed by atoms with Gasteiger partial charge < -0.3 is 5.32 Å². The number of hydrogen-bond donors (Lipinski definition) is 1. The van der Waals surface area contributed by atoms with E-state index in [0.29, 0.717) is 18.2 Å². The lowest BCUT2D eigenvalue weighted by Gasteiger charge is -2.33. The summed E-state index contributed by atoms with van der Waals surface area (Å²) in [6.45, 7) is 4.64. The highest BCUT2D eigenvalue weighted by atomic mass is 32.2. The minimum atomic E-state index is -3.04. The third-order valence-corrected chi connectivity index (χ3v) is 6.91. The summed E-state index contributed by atoms with van der Waals surface area (Å²) < 4.78 is 26.4. The van der Waals surface area contributed by atoms with Gasteiger partial charge in [0.25, 0.3) is 0 Å². The van der Waals surface area contributed by atoms with Crippen LogP contribution in [0.4, 0.5) is 0 Å². The SMILES string of the molecule is CC1CSCCN1S(=O)(=O)CC1CCNCC1. The van der Waals surface area contributed by atoms with Gasteiger partial charge in [-0.15, -0.1) is 0 Å². The molecule has 1 N–H and O–H groups in total. The number of thioether (sulfide) groups is 1. The van der Waals surface area contributed by atoms with Crippen molar-refractivity contribution in [2.75, 3.05) is 36.9 Å². The zero-order valence-electron chi connectivity index (χ0n) is 10.4. The first-order valence-corrected chi connectivity index (χ1v) is 9.14. The van der Waals surface area contributed by atoms with Crippen LogP contribution >= 0.6 is 11.8 Å². The molecular formula is C11H22N2O2S2. The van der Waals surface area contributed by atoms with Crippen LogP contribution in [0.2, 0.25) is 0 Å². The van der Waals surface area contributed by atoms with E-state index in [0.717, 1.165) is 37.4 Å². The van der Waals surface area contributed by atoms with Crippen LogP contribution in [0.25, 0.3) is 0 Å². The molecule has 0 amide bonds. The molecule has 0 aromatic carbocycles. The van der Waals surface area contributed by atoms with Crippen LogP contribution in [-0.4, -0.2) is 55.7 Å². The summed E-state index contributed by atoms with van der Waals surface area (Å²) in [5, 5.41) is 3.28. The van der Waals surface area contributed by atoms with E-state index in [1.165, 1.54) is 0 Å². The van der Waals surface area contributed by atoms with Crippen molar-refractivity contribution >= 4 is 21.8 Å². The highest BCUT2D eigenvalue weighted by molar-refractivity contribution is 7.99. The highest BCUT2D eigenvalue weighted by Crippen LogP contribution is 2.23. The summed E-state index contributed by atoms with van der Waals surface area (Å²) in [6.07, 6.45) is 1.99. The van der Waals surface area contributed by atoms with E-state index in [1.54, 1.807) is 4.31 Å². The maximum absolute atomic E-state index is 12.4. The van der Waals surface area contributed by atoms with E-state index in [-0.39, 0.29) is 6.04 Å². The van der Waals surface area contributed by atoms with Gasteiger partial charge >= 0.3 is 0 Å². The Kier molecular flexibility index (Phi) is 4.74. The number of sulfonamides is 1. The molecule has 0 aromatic heterocycles. The average Bonchev–Trinajstić information content (AvgIpc) is 2.30. The van der Waals surface area contributed by atoms with Crippen LogP contribution in [0.1, 0.15) is 19.8 Å². The molecule has 2 fully saturated rings. The van der Waals surface area contributed by atoms with Crippen molar-refractivity contribution in [2.45, 2.75) is 25.8 Å². The number of nitrogens with one attached hydrogen (secondary N) is 1. The minimum Gasteiger partial charge on any atom is -0.317 e. The molecule has 4 nitrogen and oxygen atoms in total. The molecule has 1 unspecified atom stereocenters. The van der Waals surface area contributed by atoms with Gasteiger partial charge in [-0.25, -0.2) is 8.42 Å². The van der Waals surface area contributed by atoms with Gasteiger partial charge in [0.05, 0.1) is 5.75 Å². The molecule has 2 saturated heterocycles. The first kappa shape index (κ1) is 13.6. The predicted octanol–water partition coefficient (Wildman–Crippen LogP) is 0.753. The van der Waals surface area contributed by atoms with Crippen LogP contribution < -0.4 is 5.32 Å². The number of nitrogens with zero attached hydrogens (tertiary/aromatic N) is 1. The first-order valence-electron chi connectivity index (χ1n) is 6.37. The van der Waals surface area contributed by atoms with E-state index in [4.69, 9.17) is 0 Å². The van der Waals surface area contributed by atoms with Crippen LogP contribution in [0.15, 0.2) is 0 Å². The molecule has 2 rings (SSSR count). The maximum Gasteiger partial charge on any atom is 0.214 e. The molecular weight excluding hydrogens is 256 g/mol. The Hall–Kier alpha value is 0.220. The summed E-state index contributed by atoms with van der Waals surface area (Å²) in [6, 6.07) is 0.167. The van der Waals surface area contributed by atoms with Gasteiger partial charge in [0.1, 0.15) is 0 Å². The van der Waals surface area contributed by atoms with Gasteiger partial charge in [0.2, 0.25) is 10.0 Å². The predicted molar refractivity (Wildman–Crippen MR) is 72.9 cm³/mol. The van der Waals surface area contributed by atoms with Crippen LogP contribution in [0.3, 0.4) is 0 Å². The van der Waals surface area contributed by atoms with Crippen LogP contribution in [-0.2, 0) is 10.0 Å². The zero-order chi connectivity index (χ0) is 12.3. The fourth-order valence-corrected chi connectivity index (χ4v) is 5.90. The Morgan fingerprint density at radius 2 is 2.06 bits per heavy atom. The van der Waals surface area contributed by atoms with Gasteiger partial charge in [-0.3, -0.25) is 0 Å². The molecule has 2 heterocycles. The monoisotopic (exact) mass is 278 g/mol. The van der Waals surface area contributed by atoms with Crippen molar-refractivity contribution < 1.29 is 8.42 Å². The molecule has 1 atom stereocenters. The molecule has 100 valence electrons. The first-order chi connectivity index (χ1) is 8.09. The van der Waals surface area contributed by atoms with Crippen LogP contribution in [0.5, 0.6) is 0 Å². The Bertz CT molecular complexity index is 339. The molecule has 0 saturated carbocycles.